The van der Waals surface area contributed by atoms with Crippen LogP contribution in [0.25, 0.3) is 22.3 Å². The Morgan fingerprint density at radius 1 is 1.11 bits per heavy atom. The molecule has 1 N–H and O–H groups in total. The van der Waals surface area contributed by atoms with Crippen LogP contribution in [0, 0.1) is 0 Å². The summed E-state index contributed by atoms with van der Waals surface area (Å²) >= 11 is 0. The number of hydrogen-bond donors (Lipinski definition) is 1. The quantitative estimate of drug-likeness (QED) is 0.746. The van der Waals surface area contributed by atoms with Gasteiger partial charge in [-0.3, -0.25) is 10.1 Å². The van der Waals surface area contributed by atoms with Crippen LogP contribution in [0.2, 0.25) is 0 Å². The van der Waals surface area contributed by atoms with Crippen molar-refractivity contribution in [3.05, 3.63) is 42.4 Å². The fourth-order valence-corrected chi connectivity index (χ4v) is 1.94. The summed E-state index contributed by atoms with van der Waals surface area (Å²) in [5.41, 5.74) is 1.98. The minimum absolute atomic E-state index is 0.347. The molecular weight excluding hydrogens is 224 g/mol. The summed E-state index contributed by atoms with van der Waals surface area (Å²) in [7, 11) is 0. The largest absolute Gasteiger partial charge is 0.262 e. The molecule has 0 saturated carbocycles. The van der Waals surface area contributed by atoms with Gasteiger partial charge in [-0.15, -0.1) is 0 Å². The number of aromatic amines is 1. The fourth-order valence-electron chi connectivity index (χ4n) is 1.94. The van der Waals surface area contributed by atoms with Crippen LogP contribution in [0.3, 0.4) is 0 Å². The molecule has 0 aliphatic heterocycles. The topological polar surface area (TPSA) is 54.5 Å². The smallest absolute Gasteiger partial charge is 0.181 e. The van der Waals surface area contributed by atoms with Crippen LogP contribution in [-0.2, 0) is 0 Å². The van der Waals surface area contributed by atoms with E-state index in [0.29, 0.717) is 5.92 Å². The molecule has 3 aromatic rings. The Hall–Kier alpha value is -2.23. The van der Waals surface area contributed by atoms with Gasteiger partial charge in [0.25, 0.3) is 0 Å². The number of aromatic nitrogens is 4. The first-order valence-corrected chi connectivity index (χ1v) is 6.02. The van der Waals surface area contributed by atoms with E-state index in [-0.39, 0.29) is 0 Å². The highest BCUT2D eigenvalue weighted by Gasteiger charge is 2.11. The number of benzene rings is 1. The van der Waals surface area contributed by atoms with Gasteiger partial charge in [-0.25, -0.2) is 4.98 Å². The Morgan fingerprint density at radius 3 is 2.72 bits per heavy atom. The third-order valence-electron chi connectivity index (χ3n) is 2.94. The van der Waals surface area contributed by atoms with Crippen molar-refractivity contribution in [1.82, 2.24) is 20.2 Å². The van der Waals surface area contributed by atoms with Crippen molar-refractivity contribution in [1.29, 1.82) is 0 Å². The summed E-state index contributed by atoms with van der Waals surface area (Å²) < 4.78 is 0. The molecule has 2 heterocycles. The number of hydrogen-bond acceptors (Lipinski definition) is 3. The van der Waals surface area contributed by atoms with Gasteiger partial charge in [-0.05, 0) is 12.1 Å². The monoisotopic (exact) mass is 238 g/mol. The summed E-state index contributed by atoms with van der Waals surface area (Å²) in [4.78, 5) is 8.88. The Labute approximate surface area is 105 Å². The maximum absolute atomic E-state index is 4.54. The van der Waals surface area contributed by atoms with Crippen molar-refractivity contribution in [2.45, 2.75) is 19.8 Å². The number of rotatable bonds is 2. The normalized spacial score (nSPS) is 11.3. The molecule has 2 aromatic heterocycles. The number of pyridine rings is 1. The summed E-state index contributed by atoms with van der Waals surface area (Å²) in [5.74, 6) is 1.99. The predicted molar refractivity (Wildman–Crippen MR) is 71.2 cm³/mol. The zero-order valence-corrected chi connectivity index (χ0v) is 10.4. The van der Waals surface area contributed by atoms with E-state index in [1.165, 1.54) is 0 Å². The number of H-pyrrole nitrogens is 1. The Kier molecular flexibility index (Phi) is 2.55. The molecule has 3 rings (SSSR count). The van der Waals surface area contributed by atoms with Crippen molar-refractivity contribution in [3.63, 3.8) is 0 Å². The van der Waals surface area contributed by atoms with E-state index in [0.717, 1.165) is 28.1 Å². The van der Waals surface area contributed by atoms with Gasteiger partial charge in [0.2, 0.25) is 0 Å². The number of nitrogens with one attached hydrogen (secondary N) is 1. The van der Waals surface area contributed by atoms with Crippen LogP contribution in [0.15, 0.2) is 36.5 Å². The number of fused-ring (bicyclic) bond motifs is 1. The van der Waals surface area contributed by atoms with Crippen molar-refractivity contribution in [2.24, 2.45) is 0 Å². The highest BCUT2D eigenvalue weighted by molar-refractivity contribution is 5.92. The average Bonchev–Trinajstić information content (AvgIpc) is 2.87. The SMILES string of the molecule is CC(C)c1nc(-c2ccnc3ccccc23)n[nH]1. The Bertz CT molecular complexity index is 680. The first-order valence-electron chi connectivity index (χ1n) is 6.02. The van der Waals surface area contributed by atoms with Gasteiger partial charge in [-0.2, -0.15) is 5.10 Å². The third-order valence-corrected chi connectivity index (χ3v) is 2.94. The highest BCUT2D eigenvalue weighted by atomic mass is 15.2. The Balaban J connectivity index is 2.18. The van der Waals surface area contributed by atoms with Gasteiger partial charge in [0, 0.05) is 23.1 Å². The van der Waals surface area contributed by atoms with Crippen molar-refractivity contribution >= 4 is 10.9 Å². The minimum Gasteiger partial charge on any atom is -0.262 e. The molecule has 0 fully saturated rings. The van der Waals surface area contributed by atoms with Crippen LogP contribution in [-0.4, -0.2) is 20.2 Å². The van der Waals surface area contributed by atoms with Gasteiger partial charge in [0.1, 0.15) is 5.82 Å². The van der Waals surface area contributed by atoms with E-state index in [1.54, 1.807) is 6.20 Å². The molecule has 90 valence electrons. The van der Waals surface area contributed by atoms with Gasteiger partial charge in [0.05, 0.1) is 5.52 Å². The van der Waals surface area contributed by atoms with Gasteiger partial charge < -0.3 is 0 Å². The van der Waals surface area contributed by atoms with Crippen LogP contribution in [0.5, 0.6) is 0 Å². The van der Waals surface area contributed by atoms with Crippen LogP contribution in [0.4, 0.5) is 0 Å². The lowest BCUT2D eigenvalue weighted by atomic mass is 10.1. The summed E-state index contributed by atoms with van der Waals surface area (Å²) in [6.45, 7) is 4.18. The molecule has 0 spiro atoms. The summed E-state index contributed by atoms with van der Waals surface area (Å²) in [5, 5.41) is 8.36. The van der Waals surface area contributed by atoms with E-state index >= 15 is 0 Å². The lowest BCUT2D eigenvalue weighted by Gasteiger charge is -2.01. The standard InChI is InChI=1S/C14H14N4/c1-9(2)13-16-14(18-17-13)11-7-8-15-12-6-4-3-5-10(11)12/h3-9H,1-2H3,(H,16,17,18). The zero-order valence-electron chi connectivity index (χ0n) is 10.4. The zero-order chi connectivity index (χ0) is 12.5. The van der Waals surface area contributed by atoms with Crippen molar-refractivity contribution < 1.29 is 0 Å². The van der Waals surface area contributed by atoms with E-state index < -0.39 is 0 Å². The molecule has 0 bridgehead atoms. The van der Waals surface area contributed by atoms with Gasteiger partial charge in [0.15, 0.2) is 5.82 Å². The maximum Gasteiger partial charge on any atom is 0.181 e. The van der Waals surface area contributed by atoms with E-state index in [9.17, 15) is 0 Å². The molecule has 0 unspecified atom stereocenters. The molecule has 4 nitrogen and oxygen atoms in total. The fraction of sp³-hybridized carbons (Fsp3) is 0.214. The second kappa shape index (κ2) is 4.22. The van der Waals surface area contributed by atoms with Crippen molar-refractivity contribution in [3.8, 4) is 11.4 Å². The number of para-hydroxylation sites is 1. The lowest BCUT2D eigenvalue weighted by Crippen LogP contribution is -1.89. The number of nitrogens with zero attached hydrogens (tertiary/aromatic N) is 3. The van der Waals surface area contributed by atoms with Crippen LogP contribution in [0.1, 0.15) is 25.6 Å². The lowest BCUT2D eigenvalue weighted by molar-refractivity contribution is 0.781. The molecule has 0 radical (unpaired) electrons. The third kappa shape index (κ3) is 1.76. The molecule has 4 heteroatoms. The van der Waals surface area contributed by atoms with E-state index in [2.05, 4.69) is 34.0 Å². The molecule has 0 amide bonds. The highest BCUT2D eigenvalue weighted by Crippen LogP contribution is 2.25. The molecule has 1 aromatic carbocycles. The summed E-state index contributed by atoms with van der Waals surface area (Å²) in [6.07, 6.45) is 1.79. The predicted octanol–water partition coefficient (Wildman–Crippen LogP) is 3.14. The van der Waals surface area contributed by atoms with E-state index in [4.69, 9.17) is 0 Å². The van der Waals surface area contributed by atoms with Crippen LogP contribution < -0.4 is 0 Å². The minimum atomic E-state index is 0.347. The van der Waals surface area contributed by atoms with Crippen LogP contribution >= 0.6 is 0 Å². The second-order valence-corrected chi connectivity index (χ2v) is 4.57. The molecular formula is C14H14N4. The van der Waals surface area contributed by atoms with Gasteiger partial charge in [-0.1, -0.05) is 32.0 Å². The molecule has 0 atom stereocenters. The summed E-state index contributed by atoms with van der Waals surface area (Å²) in [6, 6.07) is 9.98. The second-order valence-electron chi connectivity index (χ2n) is 4.57. The maximum atomic E-state index is 4.54. The molecule has 0 aliphatic carbocycles. The molecule has 18 heavy (non-hydrogen) atoms. The van der Waals surface area contributed by atoms with Crippen molar-refractivity contribution in [2.75, 3.05) is 0 Å². The average molecular weight is 238 g/mol. The van der Waals surface area contributed by atoms with E-state index in [1.807, 2.05) is 30.3 Å². The Morgan fingerprint density at radius 2 is 1.94 bits per heavy atom. The molecule has 0 aliphatic rings. The first kappa shape index (κ1) is 10.9. The first-order chi connectivity index (χ1) is 8.75. The molecule has 0 saturated heterocycles. The van der Waals surface area contributed by atoms with Gasteiger partial charge >= 0.3 is 0 Å².